The second kappa shape index (κ2) is 9.76. The van der Waals surface area contributed by atoms with Crippen molar-refractivity contribution in [1.82, 2.24) is 5.32 Å². The lowest BCUT2D eigenvalue weighted by atomic mass is 9.88. The van der Waals surface area contributed by atoms with Crippen LogP contribution in [-0.4, -0.2) is 25.0 Å². The van der Waals surface area contributed by atoms with Crippen molar-refractivity contribution < 1.29 is 14.3 Å². The molecule has 1 N–H and O–H groups in total. The summed E-state index contributed by atoms with van der Waals surface area (Å²) in [6.45, 7) is 3.93. The third-order valence-electron chi connectivity index (χ3n) is 4.78. The molecule has 0 aliphatic heterocycles. The summed E-state index contributed by atoms with van der Waals surface area (Å²) in [6, 6.07) is 19.3. The van der Waals surface area contributed by atoms with E-state index in [4.69, 9.17) is 4.74 Å². The molecule has 1 amide bonds. The Morgan fingerprint density at radius 3 is 1.88 bits per heavy atom. The summed E-state index contributed by atoms with van der Waals surface area (Å²) in [4.78, 5) is 24.8. The molecular weight excluding hydrogens is 326 g/mol. The van der Waals surface area contributed by atoms with Crippen molar-refractivity contribution in [3.8, 4) is 0 Å². The van der Waals surface area contributed by atoms with Gasteiger partial charge in [-0.3, -0.25) is 4.79 Å². The summed E-state index contributed by atoms with van der Waals surface area (Å²) in [5.41, 5.74) is 2.15. The third kappa shape index (κ3) is 5.19. The van der Waals surface area contributed by atoms with Crippen LogP contribution in [0.1, 0.15) is 43.7 Å². The molecule has 0 saturated heterocycles. The summed E-state index contributed by atoms with van der Waals surface area (Å²) in [7, 11) is 1.35. The highest BCUT2D eigenvalue weighted by Crippen LogP contribution is 2.28. The van der Waals surface area contributed by atoms with Gasteiger partial charge in [0.15, 0.2) is 0 Å². The average molecular weight is 353 g/mol. The zero-order valence-electron chi connectivity index (χ0n) is 15.6. The molecule has 0 spiro atoms. The van der Waals surface area contributed by atoms with E-state index in [1.54, 1.807) is 0 Å². The van der Waals surface area contributed by atoms with Gasteiger partial charge >= 0.3 is 5.97 Å². The fourth-order valence-corrected chi connectivity index (χ4v) is 3.01. The largest absolute Gasteiger partial charge is 0.467 e. The molecule has 0 radical (unpaired) electrons. The lowest BCUT2D eigenvalue weighted by molar-refractivity contribution is -0.146. The van der Waals surface area contributed by atoms with Crippen molar-refractivity contribution in [1.29, 1.82) is 0 Å². The van der Waals surface area contributed by atoms with Gasteiger partial charge in [0.05, 0.1) is 7.11 Å². The molecule has 0 saturated carbocycles. The van der Waals surface area contributed by atoms with E-state index in [0.29, 0.717) is 0 Å². The lowest BCUT2D eigenvalue weighted by Gasteiger charge is -2.24. The van der Waals surface area contributed by atoms with Crippen LogP contribution in [0.3, 0.4) is 0 Å². The van der Waals surface area contributed by atoms with Crippen molar-refractivity contribution in [3.63, 3.8) is 0 Å². The van der Waals surface area contributed by atoms with Gasteiger partial charge in [0.2, 0.25) is 5.91 Å². The van der Waals surface area contributed by atoms with Gasteiger partial charge in [-0.15, -0.1) is 0 Å². The van der Waals surface area contributed by atoms with Crippen LogP contribution >= 0.6 is 0 Å². The van der Waals surface area contributed by atoms with E-state index in [1.807, 2.05) is 74.5 Å². The Kier molecular flexibility index (Phi) is 7.39. The number of benzene rings is 2. The minimum absolute atomic E-state index is 0.0123. The first kappa shape index (κ1) is 19.7. The monoisotopic (exact) mass is 353 g/mol. The zero-order valence-corrected chi connectivity index (χ0v) is 15.6. The number of amides is 1. The molecule has 0 fully saturated rings. The normalized spacial score (nSPS) is 13.1. The van der Waals surface area contributed by atoms with E-state index in [1.165, 1.54) is 7.11 Å². The van der Waals surface area contributed by atoms with Gasteiger partial charge in [-0.05, 0) is 17.0 Å². The van der Waals surface area contributed by atoms with E-state index in [0.717, 1.165) is 17.5 Å². The fraction of sp³-hybridized carbons (Fsp3) is 0.364. The van der Waals surface area contributed by atoms with Gasteiger partial charge < -0.3 is 10.1 Å². The van der Waals surface area contributed by atoms with Gasteiger partial charge in [0.25, 0.3) is 0 Å². The van der Waals surface area contributed by atoms with Crippen LogP contribution in [0.2, 0.25) is 0 Å². The van der Waals surface area contributed by atoms with E-state index in [9.17, 15) is 9.59 Å². The highest BCUT2D eigenvalue weighted by atomic mass is 16.5. The molecule has 0 aromatic heterocycles. The second-order valence-corrected chi connectivity index (χ2v) is 6.53. The van der Waals surface area contributed by atoms with Gasteiger partial charge in [-0.2, -0.15) is 0 Å². The number of hydrogen-bond acceptors (Lipinski definition) is 3. The van der Waals surface area contributed by atoms with Crippen LogP contribution in [0.4, 0.5) is 0 Å². The second-order valence-electron chi connectivity index (χ2n) is 6.53. The molecule has 138 valence electrons. The standard InChI is InChI=1S/C22H27NO3/c1-4-16(2)21(22(25)26-3)23-20(24)15-19(17-11-7-5-8-12-17)18-13-9-6-10-14-18/h5-14,16,19,21H,4,15H2,1-3H3,(H,23,24). The Labute approximate surface area is 155 Å². The number of ether oxygens (including phenoxy) is 1. The third-order valence-corrected chi connectivity index (χ3v) is 4.78. The summed E-state index contributed by atoms with van der Waals surface area (Å²) in [5, 5.41) is 2.87. The van der Waals surface area contributed by atoms with Crippen molar-refractivity contribution in [3.05, 3.63) is 71.8 Å². The highest BCUT2D eigenvalue weighted by Gasteiger charge is 2.28. The minimum atomic E-state index is -0.621. The first-order chi connectivity index (χ1) is 12.6. The van der Waals surface area contributed by atoms with Crippen LogP contribution in [0.15, 0.2) is 60.7 Å². The Morgan fingerprint density at radius 1 is 0.962 bits per heavy atom. The Balaban J connectivity index is 2.20. The smallest absolute Gasteiger partial charge is 0.328 e. The molecule has 2 aromatic carbocycles. The molecule has 0 bridgehead atoms. The molecule has 2 aromatic rings. The molecule has 0 aliphatic rings. The first-order valence-corrected chi connectivity index (χ1v) is 9.03. The van der Waals surface area contributed by atoms with Gasteiger partial charge in [-0.1, -0.05) is 80.9 Å². The highest BCUT2D eigenvalue weighted by molar-refractivity contribution is 5.85. The topological polar surface area (TPSA) is 55.4 Å². The predicted molar refractivity (Wildman–Crippen MR) is 103 cm³/mol. The Morgan fingerprint density at radius 2 is 1.46 bits per heavy atom. The Hall–Kier alpha value is -2.62. The molecule has 0 heterocycles. The quantitative estimate of drug-likeness (QED) is 0.732. The Bertz CT molecular complexity index is 660. The first-order valence-electron chi connectivity index (χ1n) is 9.03. The minimum Gasteiger partial charge on any atom is -0.467 e. The molecule has 0 aliphatic carbocycles. The molecule has 2 unspecified atom stereocenters. The van der Waals surface area contributed by atoms with Crippen molar-refractivity contribution in [2.45, 2.75) is 38.6 Å². The van der Waals surface area contributed by atoms with Crippen molar-refractivity contribution >= 4 is 11.9 Å². The maximum atomic E-state index is 12.7. The van der Waals surface area contributed by atoms with E-state index >= 15 is 0 Å². The van der Waals surface area contributed by atoms with Crippen LogP contribution in [0.25, 0.3) is 0 Å². The fourth-order valence-electron chi connectivity index (χ4n) is 3.01. The van der Waals surface area contributed by atoms with Crippen LogP contribution in [0.5, 0.6) is 0 Å². The molecule has 2 atom stereocenters. The van der Waals surface area contributed by atoms with Crippen molar-refractivity contribution in [2.24, 2.45) is 5.92 Å². The van der Waals surface area contributed by atoms with E-state index in [2.05, 4.69) is 5.32 Å². The zero-order chi connectivity index (χ0) is 18.9. The molecule has 2 rings (SSSR count). The predicted octanol–water partition coefficient (Wildman–Crippen LogP) is 3.91. The molecule has 26 heavy (non-hydrogen) atoms. The summed E-state index contributed by atoms with van der Waals surface area (Å²) < 4.78 is 4.86. The number of esters is 1. The van der Waals surface area contributed by atoms with Crippen LogP contribution < -0.4 is 5.32 Å². The molecule has 4 heteroatoms. The van der Waals surface area contributed by atoms with Crippen LogP contribution in [0, 0.1) is 5.92 Å². The van der Waals surface area contributed by atoms with E-state index in [-0.39, 0.29) is 24.2 Å². The maximum Gasteiger partial charge on any atom is 0.328 e. The van der Waals surface area contributed by atoms with Crippen molar-refractivity contribution in [2.75, 3.05) is 7.11 Å². The molecule has 4 nitrogen and oxygen atoms in total. The van der Waals surface area contributed by atoms with Gasteiger partial charge in [0, 0.05) is 12.3 Å². The summed E-state index contributed by atoms with van der Waals surface area (Å²) in [6.07, 6.45) is 1.05. The number of carbonyl (C=O) groups is 2. The number of rotatable bonds is 8. The SMILES string of the molecule is CCC(C)C(NC(=O)CC(c1ccccc1)c1ccccc1)C(=O)OC. The molecular formula is C22H27NO3. The lowest BCUT2D eigenvalue weighted by Crippen LogP contribution is -2.46. The van der Waals surface area contributed by atoms with Crippen LogP contribution in [-0.2, 0) is 14.3 Å². The maximum absolute atomic E-state index is 12.7. The summed E-state index contributed by atoms with van der Waals surface area (Å²) >= 11 is 0. The number of hydrogen-bond donors (Lipinski definition) is 1. The summed E-state index contributed by atoms with van der Waals surface area (Å²) in [5.74, 6) is -0.604. The number of methoxy groups -OCH3 is 1. The number of carbonyl (C=O) groups excluding carboxylic acids is 2. The van der Waals surface area contributed by atoms with E-state index < -0.39 is 12.0 Å². The average Bonchev–Trinajstić information content (AvgIpc) is 2.70. The van der Waals surface area contributed by atoms with Gasteiger partial charge in [-0.25, -0.2) is 4.79 Å². The van der Waals surface area contributed by atoms with Gasteiger partial charge in [0.1, 0.15) is 6.04 Å². The number of nitrogens with one attached hydrogen (secondary N) is 1.